The summed E-state index contributed by atoms with van der Waals surface area (Å²) in [7, 11) is 0. The molecule has 21 heavy (non-hydrogen) atoms. The number of nitrogens with one attached hydrogen (secondary N) is 2. The summed E-state index contributed by atoms with van der Waals surface area (Å²) in [5, 5.41) is 15.4. The van der Waals surface area contributed by atoms with Crippen LogP contribution in [0.5, 0.6) is 0 Å². The zero-order chi connectivity index (χ0) is 15.1. The van der Waals surface area contributed by atoms with Crippen LogP contribution in [0.2, 0.25) is 0 Å². The summed E-state index contributed by atoms with van der Waals surface area (Å²) in [6.45, 7) is 5.24. The lowest BCUT2D eigenvalue weighted by atomic mass is 9.86. The molecule has 1 aromatic heterocycles. The van der Waals surface area contributed by atoms with Gasteiger partial charge in [0.2, 0.25) is 11.0 Å². The normalized spacial score (nSPS) is 22.0. The maximum absolute atomic E-state index is 12.0. The van der Waals surface area contributed by atoms with E-state index in [1.165, 1.54) is 42.4 Å². The van der Waals surface area contributed by atoms with Crippen LogP contribution in [-0.2, 0) is 4.79 Å². The Morgan fingerprint density at radius 3 is 2.95 bits per heavy atom. The van der Waals surface area contributed by atoms with E-state index in [0.717, 1.165) is 28.9 Å². The third-order valence-corrected chi connectivity index (χ3v) is 5.73. The number of hydrogen-bond acceptors (Lipinski definition) is 6. The molecule has 7 heteroatoms. The molecule has 1 aromatic rings. The fourth-order valence-electron chi connectivity index (χ4n) is 2.48. The van der Waals surface area contributed by atoms with E-state index in [1.807, 2.05) is 0 Å². The lowest BCUT2D eigenvalue weighted by molar-refractivity contribution is -0.119. The van der Waals surface area contributed by atoms with Gasteiger partial charge in [-0.15, -0.1) is 10.2 Å². The van der Waals surface area contributed by atoms with Gasteiger partial charge < -0.3 is 10.6 Å². The molecule has 2 N–H and O–H groups in total. The van der Waals surface area contributed by atoms with Crippen LogP contribution in [0.4, 0.5) is 5.13 Å². The van der Waals surface area contributed by atoms with Crippen molar-refractivity contribution in [1.29, 1.82) is 0 Å². The highest BCUT2D eigenvalue weighted by atomic mass is 32.2. The van der Waals surface area contributed by atoms with E-state index in [-0.39, 0.29) is 5.91 Å². The molecule has 0 saturated heterocycles. The van der Waals surface area contributed by atoms with Crippen LogP contribution in [0.1, 0.15) is 46.0 Å². The summed E-state index contributed by atoms with van der Waals surface area (Å²) in [5.41, 5.74) is 0. The summed E-state index contributed by atoms with van der Waals surface area (Å²) in [5.74, 6) is 1.13. The zero-order valence-electron chi connectivity index (χ0n) is 12.7. The molecule has 5 nitrogen and oxygen atoms in total. The van der Waals surface area contributed by atoms with Crippen LogP contribution in [0.3, 0.4) is 0 Å². The highest BCUT2D eigenvalue weighted by Crippen LogP contribution is 2.26. The number of hydrogen-bond donors (Lipinski definition) is 2. The molecule has 1 aliphatic rings. The third kappa shape index (κ3) is 5.47. The molecule has 2 atom stereocenters. The molecule has 1 saturated carbocycles. The van der Waals surface area contributed by atoms with Crippen LogP contribution in [0.25, 0.3) is 0 Å². The number of carbonyl (C=O) groups is 1. The van der Waals surface area contributed by atoms with Gasteiger partial charge in [-0.1, -0.05) is 49.8 Å². The first-order chi connectivity index (χ1) is 10.2. The Bertz CT molecular complexity index is 452. The number of carbonyl (C=O) groups excluding carboxylic acids is 1. The van der Waals surface area contributed by atoms with Crippen molar-refractivity contribution in [3.05, 3.63) is 0 Å². The van der Waals surface area contributed by atoms with Crippen molar-refractivity contribution < 1.29 is 4.79 Å². The summed E-state index contributed by atoms with van der Waals surface area (Å²) in [6.07, 6.45) is 5.92. The quantitative estimate of drug-likeness (QED) is 0.753. The Kier molecular flexibility index (Phi) is 6.76. The van der Waals surface area contributed by atoms with Crippen LogP contribution in [0.15, 0.2) is 4.34 Å². The van der Waals surface area contributed by atoms with E-state index in [4.69, 9.17) is 0 Å². The van der Waals surface area contributed by atoms with E-state index in [1.54, 1.807) is 0 Å². The number of amides is 1. The highest BCUT2D eigenvalue weighted by Gasteiger charge is 2.22. The zero-order valence-corrected chi connectivity index (χ0v) is 14.4. The second-order valence-corrected chi connectivity index (χ2v) is 7.72. The number of rotatable bonds is 7. The van der Waals surface area contributed by atoms with Gasteiger partial charge in [0.25, 0.3) is 0 Å². The first-order valence-corrected chi connectivity index (χ1v) is 9.48. The molecule has 1 heterocycles. The SMILES string of the molecule is CCCNc1nnc(SCC(=O)N[C@@H]2CCCC[C@H]2C)s1. The molecule has 1 aliphatic carbocycles. The van der Waals surface area contributed by atoms with E-state index in [9.17, 15) is 4.79 Å². The van der Waals surface area contributed by atoms with Crippen molar-refractivity contribution >= 4 is 34.1 Å². The van der Waals surface area contributed by atoms with Crippen molar-refractivity contribution in [3.63, 3.8) is 0 Å². The molecule has 0 aromatic carbocycles. The van der Waals surface area contributed by atoms with Crippen LogP contribution in [0, 0.1) is 5.92 Å². The smallest absolute Gasteiger partial charge is 0.230 e. The molecule has 0 unspecified atom stereocenters. The standard InChI is InChI=1S/C14H24N4OS2/c1-3-8-15-13-17-18-14(21-13)20-9-12(19)16-11-7-5-4-6-10(11)2/h10-11H,3-9H2,1-2H3,(H,15,17)(H,16,19)/t10-,11-/m1/s1. The Labute approximate surface area is 134 Å². The van der Waals surface area contributed by atoms with Gasteiger partial charge in [0.15, 0.2) is 4.34 Å². The molecule has 0 bridgehead atoms. The topological polar surface area (TPSA) is 66.9 Å². The van der Waals surface area contributed by atoms with Gasteiger partial charge in [-0.3, -0.25) is 4.79 Å². The van der Waals surface area contributed by atoms with Crippen molar-refractivity contribution in [2.45, 2.75) is 56.3 Å². The van der Waals surface area contributed by atoms with Crippen molar-refractivity contribution in [2.24, 2.45) is 5.92 Å². The Morgan fingerprint density at radius 2 is 2.19 bits per heavy atom. The maximum Gasteiger partial charge on any atom is 0.230 e. The monoisotopic (exact) mass is 328 g/mol. The Morgan fingerprint density at radius 1 is 1.38 bits per heavy atom. The van der Waals surface area contributed by atoms with Gasteiger partial charge in [-0.25, -0.2) is 0 Å². The minimum atomic E-state index is 0.108. The number of anilines is 1. The summed E-state index contributed by atoms with van der Waals surface area (Å²) in [4.78, 5) is 12.0. The van der Waals surface area contributed by atoms with Crippen molar-refractivity contribution in [2.75, 3.05) is 17.6 Å². The largest absolute Gasteiger partial charge is 0.360 e. The number of nitrogens with zero attached hydrogens (tertiary/aromatic N) is 2. The Hall–Kier alpha value is -0.820. The van der Waals surface area contributed by atoms with E-state index in [0.29, 0.717) is 17.7 Å². The minimum absolute atomic E-state index is 0.108. The molecule has 0 radical (unpaired) electrons. The van der Waals surface area contributed by atoms with E-state index in [2.05, 4.69) is 34.7 Å². The van der Waals surface area contributed by atoms with Crippen molar-refractivity contribution in [1.82, 2.24) is 15.5 Å². The average Bonchev–Trinajstić information content (AvgIpc) is 2.93. The molecule has 0 aliphatic heterocycles. The molecule has 1 fully saturated rings. The second-order valence-electron chi connectivity index (χ2n) is 5.52. The molecule has 118 valence electrons. The Balaban J connectivity index is 1.71. The molecular weight excluding hydrogens is 304 g/mol. The lowest BCUT2D eigenvalue weighted by Crippen LogP contribution is -2.41. The van der Waals surface area contributed by atoms with E-state index < -0.39 is 0 Å². The summed E-state index contributed by atoms with van der Waals surface area (Å²) < 4.78 is 0.848. The molecular formula is C14H24N4OS2. The third-order valence-electron chi connectivity index (χ3n) is 3.72. The summed E-state index contributed by atoms with van der Waals surface area (Å²) in [6, 6.07) is 0.350. The van der Waals surface area contributed by atoms with Crippen LogP contribution in [-0.4, -0.2) is 34.4 Å². The van der Waals surface area contributed by atoms with Crippen LogP contribution >= 0.6 is 23.1 Å². The van der Waals surface area contributed by atoms with Gasteiger partial charge in [-0.05, 0) is 25.2 Å². The first-order valence-electron chi connectivity index (χ1n) is 7.68. The average molecular weight is 329 g/mol. The van der Waals surface area contributed by atoms with Crippen molar-refractivity contribution in [3.8, 4) is 0 Å². The number of thioether (sulfide) groups is 1. The first kappa shape index (κ1) is 16.5. The van der Waals surface area contributed by atoms with Gasteiger partial charge in [0.1, 0.15) is 0 Å². The van der Waals surface area contributed by atoms with Gasteiger partial charge >= 0.3 is 0 Å². The van der Waals surface area contributed by atoms with Gasteiger partial charge in [0.05, 0.1) is 5.75 Å². The fourth-order valence-corrected chi connectivity index (χ4v) is 4.07. The predicted octanol–water partition coefficient (Wildman–Crippen LogP) is 3.15. The van der Waals surface area contributed by atoms with Gasteiger partial charge in [-0.2, -0.15) is 0 Å². The van der Waals surface area contributed by atoms with E-state index >= 15 is 0 Å². The van der Waals surface area contributed by atoms with Crippen LogP contribution < -0.4 is 10.6 Å². The number of aromatic nitrogens is 2. The predicted molar refractivity (Wildman–Crippen MR) is 89.0 cm³/mol. The molecule has 2 rings (SSSR count). The van der Waals surface area contributed by atoms with Gasteiger partial charge in [0, 0.05) is 12.6 Å². The second kappa shape index (κ2) is 8.58. The summed E-state index contributed by atoms with van der Waals surface area (Å²) >= 11 is 2.98. The molecule has 0 spiro atoms. The maximum atomic E-state index is 12.0. The minimum Gasteiger partial charge on any atom is -0.360 e. The fraction of sp³-hybridized carbons (Fsp3) is 0.786. The lowest BCUT2D eigenvalue weighted by Gasteiger charge is -2.29. The molecule has 1 amide bonds. The highest BCUT2D eigenvalue weighted by molar-refractivity contribution is 8.01.